The Kier molecular flexibility index (Phi) is 3.94. The van der Waals surface area contributed by atoms with Gasteiger partial charge < -0.3 is 9.84 Å². The maximum absolute atomic E-state index is 9.05. The summed E-state index contributed by atoms with van der Waals surface area (Å²) in [7, 11) is 0. The van der Waals surface area contributed by atoms with Crippen molar-refractivity contribution in [2.24, 2.45) is 5.92 Å². The number of nitrogens with zero attached hydrogens (tertiary/aromatic N) is 2. The lowest BCUT2D eigenvalue weighted by molar-refractivity contribution is 0.0919. The number of aliphatic hydroxyl groups excluding tert-OH is 1. The zero-order chi connectivity index (χ0) is 12.3. The molecule has 4 heteroatoms. The van der Waals surface area contributed by atoms with Gasteiger partial charge in [-0.3, -0.25) is 0 Å². The van der Waals surface area contributed by atoms with Crippen molar-refractivity contribution in [3.05, 3.63) is 17.5 Å². The first-order valence-corrected chi connectivity index (χ1v) is 6.30. The maximum atomic E-state index is 9.05. The first-order valence-electron chi connectivity index (χ1n) is 6.30. The van der Waals surface area contributed by atoms with E-state index in [-0.39, 0.29) is 12.7 Å². The van der Waals surface area contributed by atoms with Gasteiger partial charge in [-0.2, -0.15) is 0 Å². The molecule has 1 heterocycles. The van der Waals surface area contributed by atoms with Gasteiger partial charge in [0.2, 0.25) is 0 Å². The van der Waals surface area contributed by atoms with Gasteiger partial charge in [0.1, 0.15) is 6.10 Å². The molecule has 0 saturated heterocycles. The van der Waals surface area contributed by atoms with Crippen LogP contribution in [0.1, 0.15) is 43.9 Å². The second-order valence-corrected chi connectivity index (χ2v) is 4.84. The molecule has 1 N–H and O–H groups in total. The smallest absolute Gasteiger partial charge is 0.316 e. The fraction of sp³-hybridized carbons (Fsp3) is 0.692. The molecule has 0 bridgehead atoms. The highest BCUT2D eigenvalue weighted by molar-refractivity contribution is 5.16. The SMILES string of the molecule is Cc1nc(OC2CCCCC2C)ncc1CO. The molecule has 0 radical (unpaired) electrons. The highest BCUT2D eigenvalue weighted by atomic mass is 16.5. The highest BCUT2D eigenvalue weighted by Gasteiger charge is 2.23. The third-order valence-corrected chi connectivity index (χ3v) is 3.52. The van der Waals surface area contributed by atoms with Crippen LogP contribution in [0.4, 0.5) is 0 Å². The number of ether oxygens (including phenoxy) is 1. The molecule has 1 fully saturated rings. The molecule has 1 aliphatic rings. The van der Waals surface area contributed by atoms with Crippen LogP contribution in [0, 0.1) is 12.8 Å². The molecule has 94 valence electrons. The van der Waals surface area contributed by atoms with E-state index in [1.165, 1.54) is 19.3 Å². The van der Waals surface area contributed by atoms with Crippen molar-refractivity contribution in [3.8, 4) is 6.01 Å². The lowest BCUT2D eigenvalue weighted by Gasteiger charge is -2.28. The van der Waals surface area contributed by atoms with Gasteiger partial charge in [-0.1, -0.05) is 13.3 Å². The van der Waals surface area contributed by atoms with Crippen molar-refractivity contribution in [1.29, 1.82) is 0 Å². The Hall–Kier alpha value is -1.16. The minimum Gasteiger partial charge on any atom is -0.460 e. The predicted molar refractivity (Wildman–Crippen MR) is 64.7 cm³/mol. The van der Waals surface area contributed by atoms with E-state index < -0.39 is 0 Å². The summed E-state index contributed by atoms with van der Waals surface area (Å²) in [5.74, 6) is 0.574. The molecule has 0 amide bonds. The molecular formula is C13H20N2O2. The van der Waals surface area contributed by atoms with Gasteiger partial charge in [-0.25, -0.2) is 9.97 Å². The molecule has 2 rings (SSSR count). The summed E-state index contributed by atoms with van der Waals surface area (Å²) in [6.07, 6.45) is 6.71. The lowest BCUT2D eigenvalue weighted by atomic mass is 9.88. The summed E-state index contributed by atoms with van der Waals surface area (Å²) < 4.78 is 5.84. The second-order valence-electron chi connectivity index (χ2n) is 4.84. The summed E-state index contributed by atoms with van der Waals surface area (Å²) in [5, 5.41) is 9.05. The minimum atomic E-state index is -0.0219. The largest absolute Gasteiger partial charge is 0.460 e. The van der Waals surface area contributed by atoms with Crippen molar-refractivity contribution >= 4 is 0 Å². The van der Waals surface area contributed by atoms with Crippen molar-refractivity contribution in [3.63, 3.8) is 0 Å². The molecule has 1 saturated carbocycles. The Morgan fingerprint density at radius 3 is 2.82 bits per heavy atom. The molecular weight excluding hydrogens is 216 g/mol. The Morgan fingerprint density at radius 1 is 1.41 bits per heavy atom. The quantitative estimate of drug-likeness (QED) is 0.874. The van der Waals surface area contributed by atoms with Crippen LogP contribution in [0.25, 0.3) is 0 Å². The minimum absolute atomic E-state index is 0.0219. The maximum Gasteiger partial charge on any atom is 0.316 e. The lowest BCUT2D eigenvalue weighted by Crippen LogP contribution is -2.29. The monoisotopic (exact) mass is 236 g/mol. The van der Waals surface area contributed by atoms with Crippen molar-refractivity contribution in [2.75, 3.05) is 0 Å². The van der Waals surface area contributed by atoms with Crippen LogP contribution in [0.3, 0.4) is 0 Å². The van der Waals surface area contributed by atoms with Gasteiger partial charge in [-0.15, -0.1) is 0 Å². The van der Waals surface area contributed by atoms with E-state index in [0.29, 0.717) is 11.9 Å². The zero-order valence-corrected chi connectivity index (χ0v) is 10.5. The first-order chi connectivity index (χ1) is 8.20. The third-order valence-electron chi connectivity index (χ3n) is 3.52. The molecule has 0 aromatic carbocycles. The first kappa shape index (κ1) is 12.3. The van der Waals surface area contributed by atoms with Gasteiger partial charge in [0, 0.05) is 11.8 Å². The van der Waals surface area contributed by atoms with Crippen molar-refractivity contribution in [2.45, 2.75) is 52.2 Å². The molecule has 0 aliphatic heterocycles. The summed E-state index contributed by atoms with van der Waals surface area (Å²) >= 11 is 0. The molecule has 0 spiro atoms. The number of aliphatic hydroxyl groups is 1. The van der Waals surface area contributed by atoms with Crippen LogP contribution < -0.4 is 4.74 Å². The Morgan fingerprint density at radius 2 is 2.18 bits per heavy atom. The average Bonchev–Trinajstić information content (AvgIpc) is 2.32. The number of hydrogen-bond donors (Lipinski definition) is 1. The van der Waals surface area contributed by atoms with Gasteiger partial charge in [0.05, 0.1) is 12.3 Å². The fourth-order valence-corrected chi connectivity index (χ4v) is 2.28. The standard InChI is InChI=1S/C13H20N2O2/c1-9-5-3-4-6-12(9)17-13-14-7-11(8-16)10(2)15-13/h7,9,12,16H,3-6,8H2,1-2H3. The Labute approximate surface area is 102 Å². The Balaban J connectivity index is 2.05. The highest BCUT2D eigenvalue weighted by Crippen LogP contribution is 2.26. The van der Waals surface area contributed by atoms with Gasteiger partial charge >= 0.3 is 6.01 Å². The number of hydrogen-bond acceptors (Lipinski definition) is 4. The van der Waals surface area contributed by atoms with E-state index >= 15 is 0 Å². The number of rotatable bonds is 3. The molecule has 1 aromatic heterocycles. The molecule has 4 nitrogen and oxygen atoms in total. The molecule has 1 aromatic rings. The normalized spacial score (nSPS) is 24.6. The third kappa shape index (κ3) is 2.94. The van der Waals surface area contributed by atoms with E-state index in [1.54, 1.807) is 6.20 Å². The van der Waals surface area contributed by atoms with Gasteiger partial charge in [-0.05, 0) is 32.1 Å². The second kappa shape index (κ2) is 5.45. The summed E-state index contributed by atoms with van der Waals surface area (Å²) in [6.45, 7) is 4.06. The van der Waals surface area contributed by atoms with Gasteiger partial charge in [0.25, 0.3) is 0 Å². The number of aryl methyl sites for hydroxylation is 1. The van der Waals surface area contributed by atoms with Crippen LogP contribution in [0.2, 0.25) is 0 Å². The van der Waals surface area contributed by atoms with Crippen LogP contribution in [0.15, 0.2) is 6.20 Å². The Bertz CT molecular complexity index is 382. The van der Waals surface area contributed by atoms with Crippen LogP contribution in [-0.2, 0) is 6.61 Å². The van der Waals surface area contributed by atoms with E-state index in [0.717, 1.165) is 17.7 Å². The topological polar surface area (TPSA) is 55.2 Å². The number of aromatic nitrogens is 2. The van der Waals surface area contributed by atoms with Crippen molar-refractivity contribution < 1.29 is 9.84 Å². The van der Waals surface area contributed by atoms with E-state index in [9.17, 15) is 0 Å². The van der Waals surface area contributed by atoms with E-state index in [2.05, 4.69) is 16.9 Å². The van der Waals surface area contributed by atoms with Crippen molar-refractivity contribution in [1.82, 2.24) is 9.97 Å². The summed E-state index contributed by atoms with van der Waals surface area (Å²) in [6, 6.07) is 0.443. The summed E-state index contributed by atoms with van der Waals surface area (Å²) in [5.41, 5.74) is 1.55. The molecule has 17 heavy (non-hydrogen) atoms. The average molecular weight is 236 g/mol. The van der Waals surface area contributed by atoms with Crippen LogP contribution >= 0.6 is 0 Å². The zero-order valence-electron chi connectivity index (χ0n) is 10.5. The van der Waals surface area contributed by atoms with E-state index in [1.807, 2.05) is 6.92 Å². The molecule has 1 aliphatic carbocycles. The van der Waals surface area contributed by atoms with Crippen LogP contribution in [0.5, 0.6) is 6.01 Å². The van der Waals surface area contributed by atoms with E-state index in [4.69, 9.17) is 9.84 Å². The summed E-state index contributed by atoms with van der Waals surface area (Å²) in [4.78, 5) is 8.42. The predicted octanol–water partition coefficient (Wildman–Crippen LogP) is 2.23. The molecule has 2 atom stereocenters. The van der Waals surface area contributed by atoms with Gasteiger partial charge in [0.15, 0.2) is 0 Å². The fourth-order valence-electron chi connectivity index (χ4n) is 2.28. The van der Waals surface area contributed by atoms with Crippen LogP contribution in [-0.4, -0.2) is 21.2 Å². The molecule has 2 unspecified atom stereocenters.